The zero-order valence-corrected chi connectivity index (χ0v) is 24.1. The van der Waals surface area contributed by atoms with Crippen molar-refractivity contribution in [2.75, 3.05) is 25.9 Å². The molecule has 1 fully saturated rings. The molecule has 0 aliphatic carbocycles. The molecule has 2 aromatic carbocycles. The lowest BCUT2D eigenvalue weighted by molar-refractivity contribution is -0.152. The van der Waals surface area contributed by atoms with Crippen molar-refractivity contribution in [3.8, 4) is 11.1 Å². The molecule has 4 rings (SSSR count). The van der Waals surface area contributed by atoms with Crippen LogP contribution in [0.15, 0.2) is 47.1 Å². The Morgan fingerprint density at radius 2 is 1.95 bits per heavy atom. The quantitative estimate of drug-likeness (QED) is 0.487. The lowest BCUT2D eigenvalue weighted by Gasteiger charge is -2.38. The monoisotopic (exact) mass is 582 g/mol. The number of piperidine rings is 1. The lowest BCUT2D eigenvalue weighted by atomic mass is 9.87. The highest BCUT2D eigenvalue weighted by Crippen LogP contribution is 2.44. The van der Waals surface area contributed by atoms with Crippen molar-refractivity contribution in [3.05, 3.63) is 58.3 Å². The SMILES string of the molecule is Cc1cc(-c2cccc(S(C)(=O)=O)c2)c(Cl)cc1C1=C(O)C2(CCCN(CC(=O)NC(C)C)C2)OC1=O.Cl. The lowest BCUT2D eigenvalue weighted by Crippen LogP contribution is -2.52. The van der Waals surface area contributed by atoms with Gasteiger partial charge >= 0.3 is 5.97 Å². The molecule has 8 nitrogen and oxygen atoms in total. The fraction of sp³-hybridized carbons (Fsp3) is 0.407. The topological polar surface area (TPSA) is 113 Å². The van der Waals surface area contributed by atoms with Gasteiger partial charge in [0, 0.05) is 29.4 Å². The molecule has 2 aliphatic heterocycles. The molecule has 1 spiro atoms. The molecule has 1 unspecified atom stereocenters. The van der Waals surface area contributed by atoms with Crippen molar-refractivity contribution in [2.24, 2.45) is 0 Å². The Morgan fingerprint density at radius 1 is 1.24 bits per heavy atom. The van der Waals surface area contributed by atoms with Crippen molar-refractivity contribution in [1.29, 1.82) is 0 Å². The molecule has 11 heteroatoms. The zero-order valence-electron chi connectivity index (χ0n) is 21.7. The van der Waals surface area contributed by atoms with E-state index >= 15 is 0 Å². The Balaban J connectivity index is 0.00000400. The van der Waals surface area contributed by atoms with Crippen LogP contribution in [0.5, 0.6) is 0 Å². The maximum atomic E-state index is 13.1. The van der Waals surface area contributed by atoms with Gasteiger partial charge in [0.1, 0.15) is 5.57 Å². The predicted molar refractivity (Wildman–Crippen MR) is 149 cm³/mol. The van der Waals surface area contributed by atoms with Gasteiger partial charge in [0.2, 0.25) is 5.91 Å². The summed E-state index contributed by atoms with van der Waals surface area (Å²) in [5, 5.41) is 14.5. The number of rotatable bonds is 6. The van der Waals surface area contributed by atoms with Gasteiger partial charge in [0.05, 0.1) is 11.4 Å². The zero-order chi connectivity index (χ0) is 27.1. The molecule has 0 aromatic heterocycles. The minimum atomic E-state index is -3.40. The normalized spacial score (nSPS) is 20.0. The number of esters is 1. The highest BCUT2D eigenvalue weighted by Gasteiger charge is 2.51. The van der Waals surface area contributed by atoms with Gasteiger partial charge in [-0.05, 0) is 81.1 Å². The molecular weight excluding hydrogens is 551 g/mol. The summed E-state index contributed by atoms with van der Waals surface area (Å²) in [6, 6.07) is 9.86. The number of carbonyl (C=O) groups excluding carboxylic acids is 2. The van der Waals surface area contributed by atoms with Crippen LogP contribution in [-0.2, 0) is 24.2 Å². The van der Waals surface area contributed by atoms with Crippen LogP contribution < -0.4 is 5.32 Å². The second-order valence-corrected chi connectivity index (χ2v) is 12.5. The second-order valence-electron chi connectivity index (χ2n) is 10.1. The van der Waals surface area contributed by atoms with E-state index in [9.17, 15) is 23.1 Å². The Hall–Kier alpha value is -2.59. The van der Waals surface area contributed by atoms with Crippen LogP contribution in [0.4, 0.5) is 0 Å². The summed E-state index contributed by atoms with van der Waals surface area (Å²) in [6.07, 6.45) is 2.23. The van der Waals surface area contributed by atoms with E-state index in [1.54, 1.807) is 37.3 Å². The number of hydrogen-bond acceptors (Lipinski definition) is 7. The molecule has 38 heavy (non-hydrogen) atoms. The number of carbonyl (C=O) groups is 2. The molecule has 0 saturated carbocycles. The maximum absolute atomic E-state index is 13.1. The van der Waals surface area contributed by atoms with Crippen LogP contribution in [0, 0.1) is 6.92 Å². The molecule has 2 N–H and O–H groups in total. The number of nitrogens with one attached hydrogen (secondary N) is 1. The smallest absolute Gasteiger partial charge is 0.343 e. The number of sulfone groups is 1. The number of aliphatic hydroxyl groups is 1. The van der Waals surface area contributed by atoms with Gasteiger partial charge in [-0.1, -0.05) is 23.7 Å². The second kappa shape index (κ2) is 11.3. The Morgan fingerprint density at radius 3 is 2.61 bits per heavy atom. The number of likely N-dealkylation sites (tertiary alicyclic amines) is 1. The van der Waals surface area contributed by atoms with E-state index in [-0.39, 0.29) is 53.7 Å². The number of ether oxygens (including phenoxy) is 1. The third-order valence-electron chi connectivity index (χ3n) is 6.67. The predicted octanol–water partition coefficient (Wildman–Crippen LogP) is 4.33. The number of halogens is 2. The van der Waals surface area contributed by atoms with E-state index in [4.69, 9.17) is 16.3 Å². The Bertz CT molecular complexity index is 1410. The first-order chi connectivity index (χ1) is 17.3. The van der Waals surface area contributed by atoms with Gasteiger partial charge in [-0.2, -0.15) is 0 Å². The van der Waals surface area contributed by atoms with E-state index in [1.165, 1.54) is 6.07 Å². The molecule has 2 aliphatic rings. The molecule has 1 saturated heterocycles. The molecule has 0 bridgehead atoms. The number of aryl methyl sites for hydroxylation is 1. The summed E-state index contributed by atoms with van der Waals surface area (Å²) in [5.41, 5.74) is 1.18. The number of benzene rings is 2. The van der Waals surface area contributed by atoms with E-state index in [1.807, 2.05) is 18.7 Å². The summed E-state index contributed by atoms with van der Waals surface area (Å²) >= 11 is 6.62. The van der Waals surface area contributed by atoms with E-state index in [2.05, 4.69) is 5.32 Å². The first kappa shape index (κ1) is 30.0. The minimum Gasteiger partial charge on any atom is -0.507 e. The molecule has 206 valence electrons. The van der Waals surface area contributed by atoms with Gasteiger partial charge in [-0.3, -0.25) is 9.69 Å². The Kier molecular flexibility index (Phi) is 8.88. The summed E-state index contributed by atoms with van der Waals surface area (Å²) in [6.45, 7) is 6.57. The maximum Gasteiger partial charge on any atom is 0.343 e. The summed E-state index contributed by atoms with van der Waals surface area (Å²) in [5.74, 6) is -0.923. The molecule has 1 amide bonds. The van der Waals surface area contributed by atoms with Crippen LogP contribution in [0.3, 0.4) is 0 Å². The Labute approximate surface area is 234 Å². The minimum absolute atomic E-state index is 0. The van der Waals surface area contributed by atoms with Crippen molar-refractivity contribution < 1.29 is 27.9 Å². The van der Waals surface area contributed by atoms with E-state index < -0.39 is 21.4 Å². The van der Waals surface area contributed by atoms with Crippen LogP contribution in [0.25, 0.3) is 16.7 Å². The average molecular weight is 584 g/mol. The number of aliphatic hydroxyl groups excluding tert-OH is 1. The van der Waals surface area contributed by atoms with Crippen molar-refractivity contribution >= 4 is 51.3 Å². The first-order valence-electron chi connectivity index (χ1n) is 12.1. The largest absolute Gasteiger partial charge is 0.507 e. The summed E-state index contributed by atoms with van der Waals surface area (Å²) < 4.78 is 29.8. The van der Waals surface area contributed by atoms with Gasteiger partial charge in [-0.25, -0.2) is 13.2 Å². The van der Waals surface area contributed by atoms with Crippen molar-refractivity contribution in [3.63, 3.8) is 0 Å². The van der Waals surface area contributed by atoms with Gasteiger partial charge in [-0.15, -0.1) is 12.4 Å². The molecule has 2 aromatic rings. The molecule has 2 heterocycles. The third-order valence-corrected chi connectivity index (χ3v) is 8.09. The number of amides is 1. The fourth-order valence-electron chi connectivity index (χ4n) is 4.99. The summed E-state index contributed by atoms with van der Waals surface area (Å²) in [7, 11) is -3.40. The highest BCUT2D eigenvalue weighted by atomic mass is 35.5. The number of hydrogen-bond donors (Lipinski definition) is 2. The van der Waals surface area contributed by atoms with Crippen LogP contribution >= 0.6 is 24.0 Å². The number of nitrogens with zero attached hydrogens (tertiary/aromatic N) is 1. The van der Waals surface area contributed by atoms with E-state index in [0.717, 1.165) is 6.26 Å². The standard InChI is InChI=1S/C27H31ClN2O6S.ClH/c1-16(2)29-23(31)14-30-10-6-9-27(15-30)25(32)24(26(33)36-27)20-13-22(28)21(11-17(20)3)18-7-5-8-19(12-18)37(4,34)35;/h5,7-8,11-13,16,32H,6,9-10,14-15H2,1-4H3,(H,29,31);1H. The van der Waals surface area contributed by atoms with Gasteiger partial charge in [0.25, 0.3) is 0 Å². The fourth-order valence-corrected chi connectivity index (χ4v) is 5.93. The van der Waals surface area contributed by atoms with Gasteiger partial charge in [0.15, 0.2) is 21.2 Å². The third kappa shape index (κ3) is 6.01. The average Bonchev–Trinajstić information content (AvgIpc) is 3.02. The van der Waals surface area contributed by atoms with E-state index in [0.29, 0.717) is 46.7 Å². The molecule has 1 atom stereocenters. The van der Waals surface area contributed by atoms with Crippen LogP contribution in [-0.4, -0.2) is 67.8 Å². The van der Waals surface area contributed by atoms with Crippen molar-refractivity contribution in [2.45, 2.75) is 50.2 Å². The van der Waals surface area contributed by atoms with Crippen molar-refractivity contribution in [1.82, 2.24) is 10.2 Å². The van der Waals surface area contributed by atoms with Crippen LogP contribution in [0.2, 0.25) is 5.02 Å². The molecular formula is C27H32Cl2N2O6S. The van der Waals surface area contributed by atoms with Crippen LogP contribution in [0.1, 0.15) is 37.8 Å². The first-order valence-corrected chi connectivity index (χ1v) is 14.4. The highest BCUT2D eigenvalue weighted by molar-refractivity contribution is 7.90. The van der Waals surface area contributed by atoms with Gasteiger partial charge < -0.3 is 15.2 Å². The molecule has 0 radical (unpaired) electrons. The summed E-state index contributed by atoms with van der Waals surface area (Å²) in [4.78, 5) is 27.4.